The van der Waals surface area contributed by atoms with Crippen LogP contribution in [0.1, 0.15) is 124 Å². The van der Waals surface area contributed by atoms with Crippen molar-refractivity contribution in [1.82, 2.24) is 0 Å². The molecule has 0 saturated heterocycles. The first-order valence-corrected chi connectivity index (χ1v) is 12.7. The summed E-state index contributed by atoms with van der Waals surface area (Å²) in [4.78, 5) is 26.1. The van der Waals surface area contributed by atoms with Gasteiger partial charge in [0, 0.05) is 5.57 Å². The summed E-state index contributed by atoms with van der Waals surface area (Å²) in [5, 5.41) is 0. The van der Waals surface area contributed by atoms with E-state index in [2.05, 4.69) is 20.8 Å². The highest BCUT2D eigenvalue weighted by atomic mass is 16.5. The van der Waals surface area contributed by atoms with Crippen molar-refractivity contribution in [2.75, 3.05) is 13.2 Å². The Morgan fingerprint density at radius 2 is 1.20 bits per heavy atom. The van der Waals surface area contributed by atoms with Crippen LogP contribution in [0.4, 0.5) is 0 Å². The van der Waals surface area contributed by atoms with E-state index in [4.69, 9.17) is 9.47 Å². The summed E-state index contributed by atoms with van der Waals surface area (Å²) < 4.78 is 11.2. The molecule has 0 bridgehead atoms. The van der Waals surface area contributed by atoms with Crippen LogP contribution in [0.15, 0.2) is 11.1 Å². The summed E-state index contributed by atoms with van der Waals surface area (Å²) in [5.74, 6) is -0.421. The Bertz CT molecular complexity index is 503. The van der Waals surface area contributed by atoms with Gasteiger partial charge in [0.05, 0.1) is 18.8 Å². The molecular weight excluding hydrogens is 376 g/mol. The summed E-state index contributed by atoms with van der Waals surface area (Å²) >= 11 is 0. The molecule has 0 radical (unpaired) electrons. The molecule has 0 atom stereocenters. The Hall–Kier alpha value is -1.32. The number of carbonyl (C=O) groups is 2. The van der Waals surface area contributed by atoms with Crippen molar-refractivity contribution in [3.63, 3.8) is 0 Å². The molecule has 174 valence electrons. The monoisotopic (exact) mass is 422 g/mol. The van der Waals surface area contributed by atoms with Gasteiger partial charge in [-0.05, 0) is 44.4 Å². The number of rotatable bonds is 16. The van der Waals surface area contributed by atoms with E-state index in [1.165, 1.54) is 32.1 Å². The largest absolute Gasteiger partial charge is 0.462 e. The number of unbranched alkanes of at least 4 members (excludes halogenated alkanes) is 7. The van der Waals surface area contributed by atoms with Crippen molar-refractivity contribution < 1.29 is 19.1 Å². The average Bonchev–Trinajstić information content (AvgIpc) is 2.76. The minimum atomic E-state index is -0.287. The first-order valence-electron chi connectivity index (χ1n) is 12.7. The third-order valence-electron chi connectivity index (χ3n) is 6.05. The second-order valence-electron chi connectivity index (χ2n) is 8.72. The molecular formula is C26H46O4. The molecule has 4 heteroatoms. The van der Waals surface area contributed by atoms with Crippen LogP contribution in [0.3, 0.4) is 0 Å². The number of hydrogen-bond donors (Lipinski definition) is 0. The van der Waals surface area contributed by atoms with Crippen molar-refractivity contribution >= 4 is 11.9 Å². The van der Waals surface area contributed by atoms with Gasteiger partial charge >= 0.3 is 11.9 Å². The highest BCUT2D eigenvalue weighted by molar-refractivity contribution is 6.00. The highest BCUT2D eigenvalue weighted by Gasteiger charge is 2.30. The second kappa shape index (κ2) is 17.4. The minimum Gasteiger partial charge on any atom is -0.462 e. The zero-order valence-electron chi connectivity index (χ0n) is 19.9. The predicted molar refractivity (Wildman–Crippen MR) is 123 cm³/mol. The van der Waals surface area contributed by atoms with E-state index in [-0.39, 0.29) is 17.9 Å². The Balaban J connectivity index is 2.99. The van der Waals surface area contributed by atoms with E-state index in [1.54, 1.807) is 0 Å². The second-order valence-corrected chi connectivity index (χ2v) is 8.72. The van der Waals surface area contributed by atoms with Crippen molar-refractivity contribution in [3.05, 3.63) is 11.1 Å². The van der Waals surface area contributed by atoms with Crippen LogP contribution in [0, 0.1) is 5.92 Å². The maximum atomic E-state index is 13.1. The van der Waals surface area contributed by atoms with E-state index in [1.807, 2.05) is 0 Å². The molecule has 0 aromatic carbocycles. The maximum Gasteiger partial charge on any atom is 0.334 e. The Labute approximate surface area is 185 Å². The molecule has 1 saturated carbocycles. The highest BCUT2D eigenvalue weighted by Crippen LogP contribution is 2.34. The maximum absolute atomic E-state index is 13.1. The summed E-state index contributed by atoms with van der Waals surface area (Å²) in [6, 6.07) is 0. The fourth-order valence-electron chi connectivity index (χ4n) is 4.14. The SMILES string of the molecule is CCCCCCCCC(C(=O)OCCCC)=C(C(=O)OCCCC)C1CCCCC1. The lowest BCUT2D eigenvalue weighted by molar-refractivity contribution is -0.143. The number of hydrogen-bond acceptors (Lipinski definition) is 4. The topological polar surface area (TPSA) is 52.6 Å². The van der Waals surface area contributed by atoms with Crippen LogP contribution < -0.4 is 0 Å². The van der Waals surface area contributed by atoms with E-state index < -0.39 is 0 Å². The molecule has 1 aliphatic rings. The Kier molecular flexibility index (Phi) is 15.5. The van der Waals surface area contributed by atoms with Crippen LogP contribution >= 0.6 is 0 Å². The van der Waals surface area contributed by atoms with Gasteiger partial charge in [-0.1, -0.05) is 85.0 Å². The van der Waals surface area contributed by atoms with Crippen LogP contribution in [0.5, 0.6) is 0 Å². The van der Waals surface area contributed by atoms with Gasteiger partial charge in [-0.2, -0.15) is 0 Å². The van der Waals surface area contributed by atoms with E-state index in [0.717, 1.165) is 64.2 Å². The Morgan fingerprint density at radius 3 is 1.80 bits per heavy atom. The molecule has 1 fully saturated rings. The smallest absolute Gasteiger partial charge is 0.334 e. The third kappa shape index (κ3) is 10.6. The van der Waals surface area contributed by atoms with Gasteiger partial charge in [0.15, 0.2) is 0 Å². The van der Waals surface area contributed by atoms with Gasteiger partial charge in [0.25, 0.3) is 0 Å². The minimum absolute atomic E-state index is 0.140. The first kappa shape index (κ1) is 26.7. The molecule has 0 aliphatic heterocycles. The predicted octanol–water partition coefficient (Wildman–Crippen LogP) is 7.30. The molecule has 1 aliphatic carbocycles. The molecule has 0 amide bonds. The summed E-state index contributed by atoms with van der Waals surface area (Å²) in [7, 11) is 0. The van der Waals surface area contributed by atoms with Gasteiger partial charge in [-0.25, -0.2) is 9.59 Å². The lowest BCUT2D eigenvalue weighted by atomic mass is 9.80. The first-order chi connectivity index (χ1) is 14.7. The summed E-state index contributed by atoms with van der Waals surface area (Å²) in [5.41, 5.74) is 1.25. The normalized spacial score (nSPS) is 15.6. The number of carbonyl (C=O) groups excluding carboxylic acids is 2. The van der Waals surface area contributed by atoms with Crippen molar-refractivity contribution in [2.24, 2.45) is 5.92 Å². The standard InChI is InChI=1S/C26H46O4/c1-4-7-10-11-12-16-19-23(25(27)29-20-8-5-2)24(22-17-14-13-15-18-22)26(28)30-21-9-6-3/h22H,4-21H2,1-3H3. The zero-order valence-corrected chi connectivity index (χ0v) is 19.9. The van der Waals surface area contributed by atoms with Gasteiger partial charge in [0.2, 0.25) is 0 Å². The van der Waals surface area contributed by atoms with Crippen molar-refractivity contribution in [3.8, 4) is 0 Å². The lowest BCUT2D eigenvalue weighted by Gasteiger charge is -2.26. The molecule has 0 unspecified atom stereocenters. The van der Waals surface area contributed by atoms with Crippen molar-refractivity contribution in [2.45, 2.75) is 124 Å². The van der Waals surface area contributed by atoms with Crippen molar-refractivity contribution in [1.29, 1.82) is 0 Å². The number of ether oxygens (including phenoxy) is 2. The zero-order chi connectivity index (χ0) is 22.0. The Morgan fingerprint density at radius 1 is 0.667 bits per heavy atom. The van der Waals surface area contributed by atoms with E-state index >= 15 is 0 Å². The molecule has 0 aromatic heterocycles. The molecule has 0 aromatic rings. The van der Waals surface area contributed by atoms with Crippen LogP contribution in [-0.4, -0.2) is 25.2 Å². The average molecular weight is 423 g/mol. The number of esters is 2. The summed E-state index contributed by atoms with van der Waals surface area (Å²) in [6.45, 7) is 7.24. The molecule has 0 N–H and O–H groups in total. The van der Waals surface area contributed by atoms with Gasteiger partial charge in [0.1, 0.15) is 0 Å². The van der Waals surface area contributed by atoms with Gasteiger partial charge < -0.3 is 9.47 Å². The van der Waals surface area contributed by atoms with Crippen LogP contribution in [0.25, 0.3) is 0 Å². The van der Waals surface area contributed by atoms with Crippen LogP contribution in [-0.2, 0) is 19.1 Å². The molecule has 0 spiro atoms. The molecule has 4 nitrogen and oxygen atoms in total. The lowest BCUT2D eigenvalue weighted by Crippen LogP contribution is -2.24. The van der Waals surface area contributed by atoms with E-state index in [9.17, 15) is 9.59 Å². The molecule has 30 heavy (non-hydrogen) atoms. The summed E-state index contributed by atoms with van der Waals surface area (Å²) in [6.07, 6.45) is 16.6. The quantitative estimate of drug-likeness (QED) is 0.149. The van der Waals surface area contributed by atoms with E-state index in [0.29, 0.717) is 30.8 Å². The molecule has 0 heterocycles. The molecule has 1 rings (SSSR count). The fraction of sp³-hybridized carbons (Fsp3) is 0.846. The third-order valence-corrected chi connectivity index (χ3v) is 6.05. The van der Waals surface area contributed by atoms with Gasteiger partial charge in [-0.3, -0.25) is 0 Å². The van der Waals surface area contributed by atoms with Gasteiger partial charge in [-0.15, -0.1) is 0 Å². The van der Waals surface area contributed by atoms with Crippen LogP contribution in [0.2, 0.25) is 0 Å². The fourth-order valence-corrected chi connectivity index (χ4v) is 4.14.